The van der Waals surface area contributed by atoms with E-state index >= 15 is 0 Å². The fourth-order valence-corrected chi connectivity index (χ4v) is 27.1. The van der Waals surface area contributed by atoms with Gasteiger partial charge in [0.25, 0.3) is 0 Å². The summed E-state index contributed by atoms with van der Waals surface area (Å²) >= 11 is 0. The van der Waals surface area contributed by atoms with E-state index < -0.39 is 63.1 Å². The number of hydrogen-bond donors (Lipinski definition) is 2. The molecule has 0 aromatic heterocycles. The molecule has 0 heterocycles. The van der Waals surface area contributed by atoms with Gasteiger partial charge >= 0.3 is 17.6 Å². The molecule has 0 aliphatic rings. The number of aldehydes is 1. The molecule has 14 heteroatoms. The van der Waals surface area contributed by atoms with Gasteiger partial charge in [-0.1, -0.05) is 0 Å². The van der Waals surface area contributed by atoms with Crippen LogP contribution in [0, 0.1) is 0 Å². The summed E-state index contributed by atoms with van der Waals surface area (Å²) in [6.07, 6.45) is 0.899. The molecule has 198 valence electrons. The molecule has 33 heavy (non-hydrogen) atoms. The van der Waals surface area contributed by atoms with Crippen LogP contribution in [0.1, 0.15) is 12.8 Å². The highest BCUT2D eigenvalue weighted by Crippen LogP contribution is 2.34. The summed E-state index contributed by atoms with van der Waals surface area (Å²) in [7, 11) is -14.9. The Balaban J connectivity index is 6.40. The summed E-state index contributed by atoms with van der Waals surface area (Å²) in [6.45, 7) is 26.6. The summed E-state index contributed by atoms with van der Waals surface area (Å²) in [4.78, 5) is 11.3. The van der Waals surface area contributed by atoms with Crippen LogP contribution in [0.4, 0.5) is 0 Å². The molecule has 0 aromatic rings. The molecule has 0 saturated carbocycles. The molecule has 0 aliphatic heterocycles. The van der Waals surface area contributed by atoms with E-state index in [2.05, 4.69) is 78.6 Å². The van der Waals surface area contributed by atoms with Crippen molar-refractivity contribution in [3.05, 3.63) is 0 Å². The van der Waals surface area contributed by atoms with Gasteiger partial charge in [-0.25, -0.2) is 0 Å². The molecule has 1 atom stereocenters. The highest BCUT2D eigenvalue weighted by Gasteiger charge is 2.56. The molecule has 0 radical (unpaired) electrons. The predicted octanol–water partition coefficient (Wildman–Crippen LogP) is 4.62. The Labute approximate surface area is 208 Å². The average Bonchev–Trinajstić information content (AvgIpc) is 2.46. The molecule has 8 nitrogen and oxygen atoms in total. The summed E-state index contributed by atoms with van der Waals surface area (Å²) < 4.78 is 33.6. The van der Waals surface area contributed by atoms with Crippen molar-refractivity contribution in [1.29, 1.82) is 0 Å². The Morgan fingerprint density at radius 2 is 1.03 bits per heavy atom. The van der Waals surface area contributed by atoms with Crippen LogP contribution in [0.5, 0.6) is 0 Å². The SMILES string of the molecule is C[Si](C)(C)O[Si](C)(O[Si](C)(C)C)O[Si](CCCC(O)(C=O)CO)(O[Si](C)(C)C)O[Si](C)(C)C. The standard InChI is InChI=1S/C19H50O8Si6/c1-28(2,3)23-32(13,24-29(4,5)6)27-33(25-30(7,8)9,26-31(10,11)12)16-14-15-19(22,17-20)18-21/h17,21-22H,14-16,18H2,1-13H3. The molecule has 0 fully saturated rings. The minimum atomic E-state index is -3.36. The molecular formula is C19H50O8Si6. The lowest BCUT2D eigenvalue weighted by atomic mass is 10.0. The summed E-state index contributed by atoms with van der Waals surface area (Å²) in [5, 5.41) is 19.7. The zero-order valence-electron chi connectivity index (χ0n) is 23.2. The van der Waals surface area contributed by atoms with Crippen molar-refractivity contribution >= 4 is 57.2 Å². The first-order valence-corrected chi connectivity index (χ1v) is 29.5. The summed E-state index contributed by atoms with van der Waals surface area (Å²) in [5.41, 5.74) is -1.77. The number of aliphatic hydroxyl groups excluding tert-OH is 1. The Morgan fingerprint density at radius 1 is 0.667 bits per heavy atom. The lowest BCUT2D eigenvalue weighted by Gasteiger charge is -2.46. The zero-order valence-corrected chi connectivity index (χ0v) is 29.2. The minimum absolute atomic E-state index is 0.0945. The van der Waals surface area contributed by atoms with Crippen LogP contribution in [-0.2, 0) is 25.4 Å². The third kappa shape index (κ3) is 15.4. The molecular weight excluding hydrogens is 525 g/mol. The van der Waals surface area contributed by atoms with E-state index in [1.165, 1.54) is 0 Å². The van der Waals surface area contributed by atoms with Gasteiger partial charge in [-0.15, -0.1) is 0 Å². The van der Waals surface area contributed by atoms with Gasteiger partial charge in [0.1, 0.15) is 5.60 Å². The molecule has 0 spiro atoms. The zero-order chi connectivity index (χ0) is 26.6. The van der Waals surface area contributed by atoms with Crippen molar-refractivity contribution in [2.24, 2.45) is 0 Å². The van der Waals surface area contributed by atoms with Gasteiger partial charge in [0.2, 0.25) is 0 Å². The molecule has 0 amide bonds. The van der Waals surface area contributed by atoms with E-state index in [9.17, 15) is 15.0 Å². The highest BCUT2D eigenvalue weighted by molar-refractivity contribution is 6.92. The number of carbonyl (C=O) groups excluding carboxylic acids is 1. The van der Waals surface area contributed by atoms with E-state index in [1.807, 2.05) is 6.55 Å². The van der Waals surface area contributed by atoms with Gasteiger partial charge in [-0.3, -0.25) is 0 Å². The third-order valence-corrected chi connectivity index (χ3v) is 22.8. The minimum Gasteiger partial charge on any atom is -0.417 e. The van der Waals surface area contributed by atoms with E-state index in [4.69, 9.17) is 20.6 Å². The van der Waals surface area contributed by atoms with Crippen molar-refractivity contribution < 1.29 is 35.6 Å². The lowest BCUT2D eigenvalue weighted by Crippen LogP contribution is -2.66. The maximum absolute atomic E-state index is 11.3. The molecule has 0 saturated heterocycles. The average molecular weight is 575 g/mol. The highest BCUT2D eigenvalue weighted by atomic mass is 28.5. The number of rotatable bonds is 16. The van der Waals surface area contributed by atoms with Gasteiger partial charge in [0.15, 0.2) is 39.6 Å². The monoisotopic (exact) mass is 574 g/mol. The van der Waals surface area contributed by atoms with Gasteiger partial charge < -0.3 is 35.6 Å². The summed E-state index contributed by atoms with van der Waals surface area (Å²) in [6, 6.07) is 0.407. The van der Waals surface area contributed by atoms with Crippen molar-refractivity contribution in [2.75, 3.05) is 6.61 Å². The fourth-order valence-electron chi connectivity index (χ4n) is 3.39. The van der Waals surface area contributed by atoms with Gasteiger partial charge in [0, 0.05) is 12.6 Å². The van der Waals surface area contributed by atoms with Crippen molar-refractivity contribution in [3.63, 3.8) is 0 Å². The first-order chi connectivity index (χ1) is 14.4. The van der Waals surface area contributed by atoms with Crippen LogP contribution >= 0.6 is 0 Å². The molecule has 2 N–H and O–H groups in total. The van der Waals surface area contributed by atoms with E-state index in [0.29, 0.717) is 18.8 Å². The van der Waals surface area contributed by atoms with Crippen LogP contribution in [0.3, 0.4) is 0 Å². The maximum atomic E-state index is 11.3. The quantitative estimate of drug-likeness (QED) is 0.203. The number of hydrogen-bond acceptors (Lipinski definition) is 8. The van der Waals surface area contributed by atoms with E-state index in [1.54, 1.807) is 0 Å². The Morgan fingerprint density at radius 3 is 1.30 bits per heavy atom. The van der Waals surface area contributed by atoms with E-state index in [-0.39, 0.29) is 6.42 Å². The Bertz CT molecular complexity index is 592. The van der Waals surface area contributed by atoms with Crippen molar-refractivity contribution in [2.45, 2.75) is 110 Å². The lowest BCUT2D eigenvalue weighted by molar-refractivity contribution is -0.128. The predicted molar refractivity (Wildman–Crippen MR) is 148 cm³/mol. The topological polar surface area (TPSA) is 104 Å². The molecule has 0 aromatic carbocycles. The van der Waals surface area contributed by atoms with Crippen LogP contribution in [0.2, 0.25) is 91.2 Å². The number of carbonyl (C=O) groups is 1. The molecule has 1 unspecified atom stereocenters. The first kappa shape index (κ1) is 33.7. The normalized spacial score (nSPS) is 16.6. The Kier molecular flexibility index (Phi) is 12.1. The van der Waals surface area contributed by atoms with Crippen molar-refractivity contribution in [1.82, 2.24) is 0 Å². The largest absolute Gasteiger partial charge is 0.472 e. The van der Waals surface area contributed by atoms with Crippen LogP contribution in [0.25, 0.3) is 0 Å². The van der Waals surface area contributed by atoms with Gasteiger partial charge in [-0.05, 0) is 91.4 Å². The number of aliphatic hydroxyl groups is 2. The van der Waals surface area contributed by atoms with Crippen LogP contribution in [-0.4, -0.2) is 79.6 Å². The Hall–Kier alpha value is 0.691. The van der Waals surface area contributed by atoms with Crippen molar-refractivity contribution in [3.8, 4) is 0 Å². The first-order valence-electron chi connectivity index (χ1n) is 11.7. The third-order valence-electron chi connectivity index (χ3n) is 3.83. The summed E-state index contributed by atoms with van der Waals surface area (Å²) in [5.74, 6) is 0. The fraction of sp³-hybridized carbons (Fsp3) is 0.947. The smallest absolute Gasteiger partial charge is 0.417 e. The molecule has 0 aliphatic carbocycles. The van der Waals surface area contributed by atoms with Gasteiger partial charge in [0.05, 0.1) is 6.61 Å². The second-order valence-corrected chi connectivity index (χ2v) is 37.3. The second-order valence-electron chi connectivity index (χ2n) is 12.7. The molecule has 0 rings (SSSR count). The van der Waals surface area contributed by atoms with Crippen LogP contribution in [0.15, 0.2) is 0 Å². The van der Waals surface area contributed by atoms with Crippen LogP contribution < -0.4 is 0 Å². The van der Waals surface area contributed by atoms with E-state index in [0.717, 1.165) is 0 Å². The maximum Gasteiger partial charge on any atom is 0.472 e. The second kappa shape index (κ2) is 11.8. The molecule has 0 bridgehead atoms. The van der Waals surface area contributed by atoms with Gasteiger partial charge in [-0.2, -0.15) is 0 Å².